The minimum absolute atomic E-state index is 0.104. The van der Waals surface area contributed by atoms with Crippen molar-refractivity contribution < 1.29 is 31.1 Å². The molecule has 0 aliphatic heterocycles. The van der Waals surface area contributed by atoms with Gasteiger partial charge in [-0.2, -0.15) is 26.3 Å². The number of hydrogen-bond donors (Lipinski definition) is 1. The molecular formula is C15H14F6N2O. The highest BCUT2D eigenvalue weighted by atomic mass is 19.4. The summed E-state index contributed by atoms with van der Waals surface area (Å²) in [6.07, 6.45) is -6.65. The highest BCUT2D eigenvalue weighted by molar-refractivity contribution is 5.95. The van der Waals surface area contributed by atoms with Crippen molar-refractivity contribution in [3.05, 3.63) is 53.9 Å². The molecule has 0 aliphatic rings. The van der Waals surface area contributed by atoms with Gasteiger partial charge in [0.05, 0.1) is 5.56 Å². The smallest absolute Gasteiger partial charge is 0.383 e. The molecule has 0 spiro atoms. The molecule has 1 aromatic rings. The summed E-state index contributed by atoms with van der Waals surface area (Å²) in [4.78, 5) is 12.6. The van der Waals surface area contributed by atoms with Crippen molar-refractivity contribution in [2.45, 2.75) is 12.4 Å². The van der Waals surface area contributed by atoms with Crippen LogP contribution in [-0.2, 0) is 11.0 Å². The van der Waals surface area contributed by atoms with Crippen LogP contribution in [0, 0.1) is 0 Å². The minimum Gasteiger partial charge on any atom is -0.383 e. The lowest BCUT2D eigenvalue weighted by atomic mass is 10.2. The van der Waals surface area contributed by atoms with Crippen molar-refractivity contribution in [2.75, 3.05) is 19.4 Å². The molecule has 0 saturated heterocycles. The molecule has 3 nitrogen and oxygen atoms in total. The standard InChI is InChI=1S/C15H14F6N2O/c1-23(2)8-7-12(9-13(24)15(19,20)21)22-11-5-3-10(4-6-11)14(16,17)18/h3-9,22H,1-2H3/b8-7+,12-9+. The number of nitrogens with zero attached hydrogens (tertiary/aromatic N) is 1. The predicted octanol–water partition coefficient (Wildman–Crippen LogP) is 4.21. The predicted molar refractivity (Wildman–Crippen MR) is 77.0 cm³/mol. The highest BCUT2D eigenvalue weighted by Gasteiger charge is 2.36. The lowest BCUT2D eigenvalue weighted by Crippen LogP contribution is -2.21. The summed E-state index contributed by atoms with van der Waals surface area (Å²) in [5.74, 6) is -2.08. The quantitative estimate of drug-likeness (QED) is 0.490. The SMILES string of the molecule is CN(C)/C=C/C(=C\C(=O)C(F)(F)F)Nc1ccc(C(F)(F)F)cc1. The number of benzene rings is 1. The Kier molecular flexibility index (Phi) is 6.05. The summed E-state index contributed by atoms with van der Waals surface area (Å²) in [7, 11) is 3.22. The maximum atomic E-state index is 12.5. The van der Waals surface area contributed by atoms with Crippen molar-refractivity contribution >= 4 is 11.5 Å². The molecule has 0 bridgehead atoms. The third-order valence-corrected chi connectivity index (χ3v) is 2.62. The molecule has 0 heterocycles. The van der Waals surface area contributed by atoms with Crippen molar-refractivity contribution in [2.24, 2.45) is 0 Å². The van der Waals surface area contributed by atoms with Gasteiger partial charge >= 0.3 is 12.4 Å². The van der Waals surface area contributed by atoms with Gasteiger partial charge in [0.1, 0.15) is 0 Å². The summed E-state index contributed by atoms with van der Waals surface area (Å²) in [5, 5.41) is 2.48. The molecule has 0 radical (unpaired) electrons. The Bertz CT molecular complexity index is 627. The van der Waals surface area contributed by atoms with E-state index in [1.165, 1.54) is 17.2 Å². The van der Waals surface area contributed by atoms with Gasteiger partial charge in [-0.1, -0.05) is 0 Å². The second-order valence-electron chi connectivity index (χ2n) is 4.94. The zero-order valence-corrected chi connectivity index (χ0v) is 12.7. The molecule has 132 valence electrons. The third kappa shape index (κ3) is 6.35. The topological polar surface area (TPSA) is 32.3 Å². The number of halogens is 6. The molecule has 1 rings (SSSR count). The van der Waals surface area contributed by atoms with Crippen LogP contribution in [-0.4, -0.2) is 31.0 Å². The molecule has 1 aromatic carbocycles. The Labute approximate surface area is 134 Å². The second-order valence-corrected chi connectivity index (χ2v) is 4.94. The molecule has 0 saturated carbocycles. The van der Waals surface area contributed by atoms with Gasteiger partial charge in [-0.05, 0) is 30.3 Å². The maximum Gasteiger partial charge on any atom is 0.454 e. The zero-order valence-electron chi connectivity index (χ0n) is 12.7. The van der Waals surface area contributed by atoms with Crippen LogP contribution in [0.3, 0.4) is 0 Å². The first-order valence-electron chi connectivity index (χ1n) is 6.51. The number of carbonyl (C=O) groups is 1. The van der Waals surface area contributed by atoms with Crippen LogP contribution in [0.5, 0.6) is 0 Å². The normalized spacial score (nSPS) is 13.2. The molecule has 1 N–H and O–H groups in total. The van der Waals surface area contributed by atoms with E-state index in [9.17, 15) is 31.1 Å². The lowest BCUT2D eigenvalue weighted by molar-refractivity contribution is -0.165. The summed E-state index contributed by atoms with van der Waals surface area (Å²) < 4.78 is 74.5. The van der Waals surface area contributed by atoms with Crippen molar-refractivity contribution in [1.29, 1.82) is 0 Å². The fraction of sp³-hybridized carbons (Fsp3) is 0.267. The summed E-state index contributed by atoms with van der Waals surface area (Å²) >= 11 is 0. The van der Waals surface area contributed by atoms with Gasteiger partial charge in [-0.3, -0.25) is 4.79 Å². The second kappa shape index (κ2) is 7.41. The van der Waals surface area contributed by atoms with Crippen LogP contribution in [0.1, 0.15) is 5.56 Å². The minimum atomic E-state index is -5.04. The van der Waals surface area contributed by atoms with Crippen LogP contribution in [0.2, 0.25) is 0 Å². The number of alkyl halides is 6. The van der Waals surface area contributed by atoms with Gasteiger partial charge in [-0.15, -0.1) is 0 Å². The first kappa shape index (κ1) is 19.6. The van der Waals surface area contributed by atoms with E-state index >= 15 is 0 Å². The van der Waals surface area contributed by atoms with E-state index in [-0.39, 0.29) is 11.4 Å². The highest BCUT2D eigenvalue weighted by Crippen LogP contribution is 2.30. The molecule has 9 heteroatoms. The number of nitrogens with one attached hydrogen (secondary N) is 1. The molecule has 0 amide bonds. The molecule has 24 heavy (non-hydrogen) atoms. The fourth-order valence-corrected chi connectivity index (χ4v) is 1.49. The maximum absolute atomic E-state index is 12.5. The molecule has 0 atom stereocenters. The van der Waals surface area contributed by atoms with Crippen LogP contribution < -0.4 is 5.32 Å². The van der Waals surface area contributed by atoms with E-state index in [0.717, 1.165) is 24.3 Å². The number of anilines is 1. The van der Waals surface area contributed by atoms with Crippen molar-refractivity contribution in [3.8, 4) is 0 Å². The monoisotopic (exact) mass is 352 g/mol. The number of carbonyl (C=O) groups excluding carboxylic acids is 1. The molecule has 0 unspecified atom stereocenters. The van der Waals surface area contributed by atoms with E-state index in [2.05, 4.69) is 5.32 Å². The van der Waals surface area contributed by atoms with Crippen LogP contribution >= 0.6 is 0 Å². The number of rotatable bonds is 5. The Balaban J connectivity index is 3.05. The number of allylic oxidation sites excluding steroid dienone is 2. The average Bonchev–Trinajstić information content (AvgIpc) is 2.43. The Morgan fingerprint density at radius 1 is 1.04 bits per heavy atom. The van der Waals surface area contributed by atoms with Crippen molar-refractivity contribution in [3.63, 3.8) is 0 Å². The van der Waals surface area contributed by atoms with E-state index in [4.69, 9.17) is 0 Å². The fourth-order valence-electron chi connectivity index (χ4n) is 1.49. The van der Waals surface area contributed by atoms with E-state index in [1.54, 1.807) is 14.1 Å². The largest absolute Gasteiger partial charge is 0.454 e. The Morgan fingerprint density at radius 2 is 1.58 bits per heavy atom. The van der Waals surface area contributed by atoms with Crippen LogP contribution in [0.4, 0.5) is 32.0 Å². The number of ketones is 1. The van der Waals surface area contributed by atoms with Gasteiger partial charge in [0.2, 0.25) is 0 Å². The molecule has 0 fully saturated rings. The Hall–Kier alpha value is -2.45. The summed E-state index contributed by atoms with van der Waals surface area (Å²) in [6.45, 7) is 0. The van der Waals surface area contributed by atoms with E-state index in [0.29, 0.717) is 6.08 Å². The van der Waals surface area contributed by atoms with Crippen molar-refractivity contribution in [1.82, 2.24) is 4.90 Å². The molecule has 0 aromatic heterocycles. The van der Waals surface area contributed by atoms with Gasteiger partial charge in [0.25, 0.3) is 5.78 Å². The van der Waals surface area contributed by atoms with E-state index < -0.39 is 23.7 Å². The van der Waals surface area contributed by atoms with Crippen LogP contribution in [0.25, 0.3) is 0 Å². The van der Waals surface area contributed by atoms with Gasteiger partial charge in [-0.25, -0.2) is 0 Å². The van der Waals surface area contributed by atoms with Gasteiger partial charge in [0, 0.05) is 37.8 Å². The molecular weight excluding hydrogens is 338 g/mol. The van der Waals surface area contributed by atoms with Crippen LogP contribution in [0.15, 0.2) is 48.3 Å². The van der Waals surface area contributed by atoms with E-state index in [1.807, 2.05) is 0 Å². The Morgan fingerprint density at radius 3 is 2.00 bits per heavy atom. The first-order chi connectivity index (χ1) is 10.9. The zero-order chi connectivity index (χ0) is 18.5. The first-order valence-corrected chi connectivity index (χ1v) is 6.51. The lowest BCUT2D eigenvalue weighted by Gasteiger charge is -2.12. The van der Waals surface area contributed by atoms with Gasteiger partial charge < -0.3 is 10.2 Å². The summed E-state index contributed by atoms with van der Waals surface area (Å²) in [6, 6.07) is 3.67. The third-order valence-electron chi connectivity index (χ3n) is 2.62. The molecule has 0 aliphatic carbocycles. The van der Waals surface area contributed by atoms with Gasteiger partial charge in [0.15, 0.2) is 0 Å². The number of hydrogen-bond acceptors (Lipinski definition) is 3. The average molecular weight is 352 g/mol. The summed E-state index contributed by atoms with van der Waals surface area (Å²) in [5.41, 5.74) is -1.01.